The van der Waals surface area contributed by atoms with Gasteiger partial charge >= 0.3 is 0 Å². The lowest BCUT2D eigenvalue weighted by Gasteiger charge is -2.16. The van der Waals surface area contributed by atoms with Crippen LogP contribution in [0.3, 0.4) is 0 Å². The van der Waals surface area contributed by atoms with Crippen molar-refractivity contribution in [3.8, 4) is 0 Å². The van der Waals surface area contributed by atoms with Crippen molar-refractivity contribution in [2.45, 2.75) is 32.6 Å². The number of amides is 1. The van der Waals surface area contributed by atoms with E-state index in [2.05, 4.69) is 0 Å². The van der Waals surface area contributed by atoms with E-state index in [0.29, 0.717) is 19.4 Å². The van der Waals surface area contributed by atoms with E-state index in [-0.39, 0.29) is 11.7 Å². The van der Waals surface area contributed by atoms with E-state index in [1.807, 2.05) is 30.0 Å². The average Bonchev–Trinajstić information content (AvgIpc) is 2.86. The molecule has 0 unspecified atom stereocenters. The molecule has 1 aliphatic heterocycles. The van der Waals surface area contributed by atoms with Crippen molar-refractivity contribution in [1.29, 1.82) is 0 Å². The number of nitrogens with two attached hydrogens (primary N) is 1. The number of anilines is 1. The molecule has 19 heavy (non-hydrogen) atoms. The molecule has 0 saturated carbocycles. The van der Waals surface area contributed by atoms with Gasteiger partial charge in [-0.25, -0.2) is 0 Å². The molecule has 1 aromatic carbocycles. The maximum atomic E-state index is 11.9. The van der Waals surface area contributed by atoms with E-state index in [1.165, 1.54) is 0 Å². The van der Waals surface area contributed by atoms with Crippen LogP contribution in [0.25, 0.3) is 0 Å². The number of benzene rings is 1. The van der Waals surface area contributed by atoms with Gasteiger partial charge < -0.3 is 10.6 Å². The molecule has 0 radical (unpaired) electrons. The fraction of sp³-hybridized carbons (Fsp3) is 0.467. The largest absolute Gasteiger partial charge is 0.330 e. The molecule has 0 aliphatic carbocycles. The monoisotopic (exact) mass is 260 g/mol. The molecular formula is C15H20N2O2. The molecule has 0 atom stereocenters. The molecule has 0 saturated heterocycles. The second kappa shape index (κ2) is 5.97. The molecule has 0 fully saturated rings. The summed E-state index contributed by atoms with van der Waals surface area (Å²) in [5, 5.41) is 0. The molecule has 2 N–H and O–H groups in total. The highest BCUT2D eigenvalue weighted by molar-refractivity contribution is 5.99. The minimum absolute atomic E-state index is 0.133. The Bertz CT molecular complexity index is 497. The topological polar surface area (TPSA) is 63.4 Å². The van der Waals surface area contributed by atoms with Crippen molar-refractivity contribution in [1.82, 2.24) is 0 Å². The Kier molecular flexibility index (Phi) is 4.32. The second-order valence-corrected chi connectivity index (χ2v) is 4.81. The smallest absolute Gasteiger partial charge is 0.226 e. The number of carbonyl (C=O) groups excluding carboxylic acids is 2. The van der Waals surface area contributed by atoms with Gasteiger partial charge in [0.25, 0.3) is 0 Å². The van der Waals surface area contributed by atoms with Crippen LogP contribution < -0.4 is 10.6 Å². The summed E-state index contributed by atoms with van der Waals surface area (Å²) in [4.78, 5) is 25.5. The van der Waals surface area contributed by atoms with Gasteiger partial charge in [0.05, 0.1) is 0 Å². The predicted molar refractivity (Wildman–Crippen MR) is 75.4 cm³/mol. The summed E-state index contributed by atoms with van der Waals surface area (Å²) in [6.45, 7) is 3.13. The van der Waals surface area contributed by atoms with Crippen molar-refractivity contribution in [3.05, 3.63) is 29.3 Å². The fourth-order valence-corrected chi connectivity index (χ4v) is 2.43. The number of nitrogens with zero attached hydrogens (tertiary/aromatic N) is 1. The molecule has 4 nitrogen and oxygen atoms in total. The van der Waals surface area contributed by atoms with Gasteiger partial charge in [-0.1, -0.05) is 6.92 Å². The zero-order chi connectivity index (χ0) is 13.8. The third kappa shape index (κ3) is 2.84. The number of hydrogen-bond acceptors (Lipinski definition) is 3. The first-order valence-corrected chi connectivity index (χ1v) is 6.84. The maximum absolute atomic E-state index is 11.9. The van der Waals surface area contributed by atoms with E-state index in [9.17, 15) is 9.59 Å². The first-order chi connectivity index (χ1) is 9.17. The number of rotatable bonds is 5. The van der Waals surface area contributed by atoms with Crippen LogP contribution in [-0.2, 0) is 11.2 Å². The van der Waals surface area contributed by atoms with Crippen LogP contribution in [0.15, 0.2) is 18.2 Å². The molecule has 0 spiro atoms. The SMILES string of the molecule is CCC(=O)N1CCc2cc(C(=O)CCCN)ccc21. The van der Waals surface area contributed by atoms with Gasteiger partial charge in [0.15, 0.2) is 5.78 Å². The lowest BCUT2D eigenvalue weighted by atomic mass is 10.0. The predicted octanol–water partition coefficient (Wildman–Crippen LogP) is 1.91. The zero-order valence-corrected chi connectivity index (χ0v) is 11.3. The highest BCUT2D eigenvalue weighted by Gasteiger charge is 2.24. The molecule has 1 amide bonds. The van der Waals surface area contributed by atoms with Crippen molar-refractivity contribution in [2.75, 3.05) is 18.0 Å². The third-order valence-electron chi connectivity index (χ3n) is 3.51. The minimum Gasteiger partial charge on any atom is -0.330 e. The summed E-state index contributed by atoms with van der Waals surface area (Å²) >= 11 is 0. The average molecular weight is 260 g/mol. The second-order valence-electron chi connectivity index (χ2n) is 4.81. The number of carbonyl (C=O) groups is 2. The van der Waals surface area contributed by atoms with Crippen LogP contribution >= 0.6 is 0 Å². The van der Waals surface area contributed by atoms with Gasteiger partial charge in [-0.05, 0) is 43.1 Å². The van der Waals surface area contributed by atoms with Crippen LogP contribution in [0.4, 0.5) is 5.69 Å². The van der Waals surface area contributed by atoms with Gasteiger partial charge in [-0.15, -0.1) is 0 Å². The molecule has 2 rings (SSSR count). The lowest BCUT2D eigenvalue weighted by Crippen LogP contribution is -2.27. The highest BCUT2D eigenvalue weighted by Crippen LogP contribution is 2.29. The Hall–Kier alpha value is -1.68. The minimum atomic E-state index is 0.133. The van der Waals surface area contributed by atoms with Gasteiger partial charge in [-0.2, -0.15) is 0 Å². The quantitative estimate of drug-likeness (QED) is 0.822. The molecule has 0 bridgehead atoms. The summed E-state index contributed by atoms with van der Waals surface area (Å²) in [7, 11) is 0. The summed E-state index contributed by atoms with van der Waals surface area (Å²) < 4.78 is 0. The molecule has 1 aliphatic rings. The standard InChI is InChI=1S/C15H20N2O2/c1-2-15(19)17-9-7-11-10-12(5-6-13(11)17)14(18)4-3-8-16/h5-6,10H,2-4,7-9,16H2,1H3. The number of hydrogen-bond donors (Lipinski definition) is 1. The number of Topliss-reactive ketones (excluding diaryl/α,β-unsaturated/α-hetero) is 1. The third-order valence-corrected chi connectivity index (χ3v) is 3.51. The Morgan fingerprint density at radius 1 is 1.37 bits per heavy atom. The molecule has 4 heteroatoms. The summed E-state index contributed by atoms with van der Waals surface area (Å²) in [5.41, 5.74) is 8.21. The zero-order valence-electron chi connectivity index (χ0n) is 11.3. The van der Waals surface area contributed by atoms with Gasteiger partial charge in [-0.3, -0.25) is 9.59 Å². The Morgan fingerprint density at radius 3 is 2.84 bits per heavy atom. The van der Waals surface area contributed by atoms with Crippen LogP contribution in [0, 0.1) is 0 Å². The van der Waals surface area contributed by atoms with Gasteiger partial charge in [0.1, 0.15) is 0 Å². The Balaban J connectivity index is 2.18. The van der Waals surface area contributed by atoms with Crippen LogP contribution in [0.2, 0.25) is 0 Å². The maximum Gasteiger partial charge on any atom is 0.226 e. The summed E-state index contributed by atoms with van der Waals surface area (Å²) in [6.07, 6.45) is 2.55. The highest BCUT2D eigenvalue weighted by atomic mass is 16.2. The first-order valence-electron chi connectivity index (χ1n) is 6.84. The summed E-state index contributed by atoms with van der Waals surface area (Å²) in [6, 6.07) is 5.64. The van der Waals surface area contributed by atoms with E-state index in [1.54, 1.807) is 0 Å². The molecule has 1 heterocycles. The van der Waals surface area contributed by atoms with Crippen molar-refractivity contribution in [3.63, 3.8) is 0 Å². The Labute approximate surface area is 113 Å². The van der Waals surface area contributed by atoms with E-state index >= 15 is 0 Å². The van der Waals surface area contributed by atoms with Crippen LogP contribution in [-0.4, -0.2) is 24.8 Å². The number of ketones is 1. The van der Waals surface area contributed by atoms with Crippen molar-refractivity contribution < 1.29 is 9.59 Å². The fourth-order valence-electron chi connectivity index (χ4n) is 2.43. The van der Waals surface area contributed by atoms with E-state index in [4.69, 9.17) is 5.73 Å². The molecule has 102 valence electrons. The molecule has 1 aromatic rings. The first kappa shape index (κ1) is 13.7. The van der Waals surface area contributed by atoms with Crippen molar-refractivity contribution >= 4 is 17.4 Å². The molecule has 0 aromatic heterocycles. The van der Waals surface area contributed by atoms with Gasteiger partial charge in [0.2, 0.25) is 5.91 Å². The lowest BCUT2D eigenvalue weighted by molar-refractivity contribution is -0.118. The van der Waals surface area contributed by atoms with Crippen LogP contribution in [0.5, 0.6) is 0 Å². The number of fused-ring (bicyclic) bond motifs is 1. The van der Waals surface area contributed by atoms with Crippen LogP contribution in [0.1, 0.15) is 42.1 Å². The Morgan fingerprint density at radius 2 is 2.16 bits per heavy atom. The van der Waals surface area contributed by atoms with Gasteiger partial charge in [0, 0.05) is 30.6 Å². The summed E-state index contributed by atoms with van der Waals surface area (Å²) in [5.74, 6) is 0.273. The van der Waals surface area contributed by atoms with Crippen molar-refractivity contribution in [2.24, 2.45) is 5.73 Å². The van der Waals surface area contributed by atoms with E-state index < -0.39 is 0 Å². The molecular weight excluding hydrogens is 240 g/mol. The van der Waals surface area contributed by atoms with E-state index in [0.717, 1.165) is 36.2 Å². The normalized spacial score (nSPS) is 13.5.